The lowest BCUT2D eigenvalue weighted by Crippen LogP contribution is -2.37. The Hall–Kier alpha value is -2.79. The number of hydrogen-bond acceptors (Lipinski definition) is 3. The van der Waals surface area contributed by atoms with Crippen LogP contribution in [0.3, 0.4) is 0 Å². The first-order chi connectivity index (χ1) is 19.3. The largest absolute Gasteiger partial charge is 0.444 e. The third kappa shape index (κ3) is 7.28. The number of alkyl carbamates (subject to hydrolysis) is 1. The highest BCUT2D eigenvalue weighted by molar-refractivity contribution is 5.89. The topological polar surface area (TPSA) is 55.3 Å². The predicted octanol–water partition coefficient (Wildman–Crippen LogP) is 8.65. The fourth-order valence-corrected chi connectivity index (χ4v) is 6.83. The lowest BCUT2D eigenvalue weighted by Gasteiger charge is -2.30. The van der Waals surface area contributed by atoms with Gasteiger partial charge in [0.05, 0.1) is 0 Å². The lowest BCUT2D eigenvalue weighted by molar-refractivity contribution is 0.0527. The van der Waals surface area contributed by atoms with E-state index in [4.69, 9.17) is 4.74 Å². The summed E-state index contributed by atoms with van der Waals surface area (Å²) in [4.78, 5) is 11.9. The molecule has 0 aliphatic heterocycles. The highest BCUT2D eigenvalue weighted by Crippen LogP contribution is 2.41. The average molecular weight is 544 g/mol. The number of nitrogens with zero attached hydrogens (tertiary/aromatic N) is 1. The first-order valence-electron chi connectivity index (χ1n) is 15.7. The Morgan fingerprint density at radius 2 is 1.75 bits per heavy atom. The van der Waals surface area contributed by atoms with Crippen molar-refractivity contribution in [3.05, 3.63) is 59.8 Å². The number of carbonyl (C=O) groups is 1. The Morgan fingerprint density at radius 3 is 2.52 bits per heavy atom. The second-order valence-corrected chi connectivity index (χ2v) is 13.2. The van der Waals surface area contributed by atoms with Gasteiger partial charge in [-0.2, -0.15) is 0 Å². The molecule has 0 spiro atoms. The highest BCUT2D eigenvalue weighted by atomic mass is 16.6. The normalized spacial score (nSPS) is 20.5. The minimum absolute atomic E-state index is 0.329. The van der Waals surface area contributed by atoms with E-state index in [2.05, 4.69) is 70.8 Å². The van der Waals surface area contributed by atoms with Crippen molar-refractivity contribution in [3.8, 4) is 11.1 Å². The van der Waals surface area contributed by atoms with Gasteiger partial charge in [-0.3, -0.25) is 0 Å². The summed E-state index contributed by atoms with van der Waals surface area (Å²) in [5.41, 5.74) is 6.44. The van der Waals surface area contributed by atoms with Gasteiger partial charge in [0.2, 0.25) is 0 Å². The van der Waals surface area contributed by atoms with Crippen molar-refractivity contribution in [2.75, 3.05) is 13.1 Å². The van der Waals surface area contributed by atoms with Crippen LogP contribution in [0.1, 0.15) is 108 Å². The molecule has 2 saturated carbocycles. The van der Waals surface area contributed by atoms with Crippen LogP contribution in [-0.2, 0) is 4.74 Å². The monoisotopic (exact) mass is 543 g/mol. The number of hydrogen-bond donors (Lipinski definition) is 2. The van der Waals surface area contributed by atoms with Crippen LogP contribution in [0.25, 0.3) is 22.0 Å². The summed E-state index contributed by atoms with van der Waals surface area (Å²) in [5, 5.41) is 8.15. The SMILES string of the molecule is Cc1cccc(-c2ccc3c(c2)c(C2CCCC(NCCCNC(=O)OC(C)(C)C)C2)cn3C2CCCCC2)c1. The number of fused-ring (bicyclic) bond motifs is 1. The summed E-state index contributed by atoms with van der Waals surface area (Å²) < 4.78 is 7.99. The van der Waals surface area contributed by atoms with Gasteiger partial charge in [-0.25, -0.2) is 4.79 Å². The Bertz CT molecular complexity index is 1280. The molecular weight excluding hydrogens is 494 g/mol. The van der Waals surface area contributed by atoms with Crippen LogP contribution in [0, 0.1) is 6.92 Å². The van der Waals surface area contributed by atoms with Crippen molar-refractivity contribution in [1.82, 2.24) is 15.2 Å². The second-order valence-electron chi connectivity index (χ2n) is 13.2. The Balaban J connectivity index is 1.30. The third-order valence-corrected chi connectivity index (χ3v) is 8.75. The molecule has 5 rings (SSSR count). The van der Waals surface area contributed by atoms with Crippen LogP contribution in [0.15, 0.2) is 48.7 Å². The van der Waals surface area contributed by atoms with E-state index in [1.165, 1.54) is 85.4 Å². The van der Waals surface area contributed by atoms with Crippen molar-refractivity contribution in [3.63, 3.8) is 0 Å². The molecule has 40 heavy (non-hydrogen) atoms. The van der Waals surface area contributed by atoms with E-state index in [0.29, 0.717) is 24.5 Å². The molecule has 2 atom stereocenters. The summed E-state index contributed by atoms with van der Waals surface area (Å²) in [5.74, 6) is 0.575. The summed E-state index contributed by atoms with van der Waals surface area (Å²) in [6, 6.07) is 17.2. The molecule has 0 radical (unpaired) electrons. The van der Waals surface area contributed by atoms with Crippen molar-refractivity contribution in [2.45, 2.75) is 116 Å². The molecule has 3 aromatic rings. The maximum atomic E-state index is 11.9. The molecule has 5 heteroatoms. The summed E-state index contributed by atoms with van der Waals surface area (Å²) >= 11 is 0. The number of aromatic nitrogens is 1. The maximum Gasteiger partial charge on any atom is 0.407 e. The van der Waals surface area contributed by atoms with Gasteiger partial charge in [0, 0.05) is 35.7 Å². The minimum Gasteiger partial charge on any atom is -0.444 e. The van der Waals surface area contributed by atoms with E-state index in [1.54, 1.807) is 5.56 Å². The van der Waals surface area contributed by atoms with Gasteiger partial charge in [0.25, 0.3) is 0 Å². The Morgan fingerprint density at radius 1 is 0.950 bits per heavy atom. The molecular formula is C35H49N3O2. The van der Waals surface area contributed by atoms with Gasteiger partial charge >= 0.3 is 6.09 Å². The van der Waals surface area contributed by atoms with Crippen molar-refractivity contribution in [1.29, 1.82) is 0 Å². The quantitative estimate of drug-likeness (QED) is 0.280. The zero-order chi connectivity index (χ0) is 28.1. The number of benzene rings is 2. The van der Waals surface area contributed by atoms with Crippen LogP contribution in [0.5, 0.6) is 0 Å². The molecule has 1 aromatic heterocycles. The van der Waals surface area contributed by atoms with E-state index < -0.39 is 5.60 Å². The fourth-order valence-electron chi connectivity index (χ4n) is 6.83. The molecule has 0 saturated heterocycles. The van der Waals surface area contributed by atoms with E-state index >= 15 is 0 Å². The molecule has 2 aliphatic rings. The van der Waals surface area contributed by atoms with Gasteiger partial charge in [0.15, 0.2) is 0 Å². The molecule has 2 unspecified atom stereocenters. The summed E-state index contributed by atoms with van der Waals surface area (Å²) in [7, 11) is 0. The summed E-state index contributed by atoms with van der Waals surface area (Å²) in [6.45, 7) is 9.40. The second kappa shape index (κ2) is 12.8. The van der Waals surface area contributed by atoms with Gasteiger partial charge in [-0.1, -0.05) is 61.6 Å². The molecule has 1 amide bonds. The smallest absolute Gasteiger partial charge is 0.407 e. The van der Waals surface area contributed by atoms with Crippen LogP contribution in [-0.4, -0.2) is 35.4 Å². The molecule has 2 fully saturated rings. The molecule has 216 valence electrons. The molecule has 1 heterocycles. The minimum atomic E-state index is -0.458. The number of aryl methyl sites for hydroxylation is 1. The molecule has 2 N–H and O–H groups in total. The molecule has 2 aromatic carbocycles. The van der Waals surface area contributed by atoms with Gasteiger partial charge in [-0.15, -0.1) is 0 Å². The van der Waals surface area contributed by atoms with Crippen LogP contribution < -0.4 is 10.6 Å². The van der Waals surface area contributed by atoms with Crippen molar-refractivity contribution in [2.24, 2.45) is 0 Å². The van der Waals surface area contributed by atoms with Gasteiger partial charge in [0.1, 0.15) is 5.60 Å². The molecule has 5 nitrogen and oxygen atoms in total. The predicted molar refractivity (Wildman–Crippen MR) is 166 cm³/mol. The van der Waals surface area contributed by atoms with Crippen LogP contribution in [0.2, 0.25) is 0 Å². The van der Waals surface area contributed by atoms with Crippen molar-refractivity contribution < 1.29 is 9.53 Å². The van der Waals surface area contributed by atoms with E-state index in [1.807, 2.05) is 20.8 Å². The van der Waals surface area contributed by atoms with Gasteiger partial charge in [-0.05, 0) is 108 Å². The highest BCUT2D eigenvalue weighted by Gasteiger charge is 2.27. The van der Waals surface area contributed by atoms with E-state index in [9.17, 15) is 4.79 Å². The van der Waals surface area contributed by atoms with Gasteiger partial charge < -0.3 is 19.9 Å². The number of amides is 1. The molecule has 2 aliphatic carbocycles. The number of nitrogens with one attached hydrogen (secondary N) is 2. The Kier molecular flexibility index (Phi) is 9.20. The fraction of sp³-hybridized carbons (Fsp3) is 0.571. The first kappa shape index (κ1) is 28.7. The Labute approximate surface area is 241 Å². The zero-order valence-corrected chi connectivity index (χ0v) is 25.1. The summed E-state index contributed by atoms with van der Waals surface area (Å²) in [6.07, 6.45) is 14.7. The maximum absolute atomic E-state index is 11.9. The van der Waals surface area contributed by atoms with Crippen LogP contribution in [0.4, 0.5) is 4.79 Å². The first-order valence-corrected chi connectivity index (χ1v) is 15.7. The van der Waals surface area contributed by atoms with Crippen molar-refractivity contribution >= 4 is 17.0 Å². The van der Waals surface area contributed by atoms with E-state index in [-0.39, 0.29) is 6.09 Å². The third-order valence-electron chi connectivity index (χ3n) is 8.75. The number of ether oxygens (including phenoxy) is 1. The standard InChI is InChI=1S/C35H49N3O2/c1-25-11-8-12-26(21-25)27-17-18-33-31(23-27)32(24-38(33)30-15-6-5-7-16-30)28-13-9-14-29(22-28)36-19-10-20-37-34(39)40-35(2,3)4/h8,11-12,17-18,21,23-24,28-30,36H,5-7,9-10,13-16,19-20,22H2,1-4H3,(H,37,39). The van der Waals surface area contributed by atoms with E-state index in [0.717, 1.165) is 13.0 Å². The average Bonchev–Trinajstić information content (AvgIpc) is 3.31. The molecule has 0 bridgehead atoms. The number of carbonyl (C=O) groups excluding carboxylic acids is 1. The number of rotatable bonds is 8. The lowest BCUT2D eigenvalue weighted by atomic mass is 9.81. The zero-order valence-electron chi connectivity index (χ0n) is 25.1. The van der Waals surface area contributed by atoms with Crippen LogP contribution >= 0.6 is 0 Å².